The Morgan fingerprint density at radius 3 is 2.83 bits per heavy atom. The van der Waals surface area contributed by atoms with Crippen molar-refractivity contribution in [3.05, 3.63) is 59.2 Å². The molecule has 1 aliphatic rings. The molecule has 0 spiro atoms. The van der Waals surface area contributed by atoms with E-state index >= 15 is 0 Å². The molecule has 1 amide bonds. The van der Waals surface area contributed by atoms with Crippen molar-refractivity contribution in [2.75, 3.05) is 18.5 Å². The van der Waals surface area contributed by atoms with Gasteiger partial charge in [-0.15, -0.1) is 0 Å². The van der Waals surface area contributed by atoms with E-state index in [0.717, 1.165) is 36.3 Å². The Labute approximate surface area is 142 Å². The van der Waals surface area contributed by atoms with Gasteiger partial charge >= 0.3 is 0 Å². The highest BCUT2D eigenvalue weighted by molar-refractivity contribution is 6.06. The summed E-state index contributed by atoms with van der Waals surface area (Å²) < 4.78 is 11.4. The summed E-state index contributed by atoms with van der Waals surface area (Å²) >= 11 is 0. The molecule has 1 aliphatic heterocycles. The second-order valence-electron chi connectivity index (χ2n) is 6.14. The van der Waals surface area contributed by atoms with Crippen molar-refractivity contribution in [3.8, 4) is 5.75 Å². The molecule has 0 aliphatic carbocycles. The Morgan fingerprint density at radius 1 is 1.21 bits per heavy atom. The fourth-order valence-corrected chi connectivity index (χ4v) is 2.81. The van der Waals surface area contributed by atoms with Gasteiger partial charge in [0.1, 0.15) is 12.4 Å². The summed E-state index contributed by atoms with van der Waals surface area (Å²) in [6.45, 7) is 5.31. The van der Waals surface area contributed by atoms with Gasteiger partial charge in [0.25, 0.3) is 5.91 Å². The second-order valence-corrected chi connectivity index (χ2v) is 6.14. The number of hydrogen-bond acceptors (Lipinski definition) is 3. The van der Waals surface area contributed by atoms with Crippen molar-refractivity contribution in [3.63, 3.8) is 0 Å². The van der Waals surface area contributed by atoms with Crippen molar-refractivity contribution in [1.29, 1.82) is 0 Å². The van der Waals surface area contributed by atoms with E-state index in [1.165, 1.54) is 0 Å². The minimum Gasteiger partial charge on any atom is -0.490 e. The Hall–Kier alpha value is -2.33. The molecule has 1 unspecified atom stereocenters. The lowest BCUT2D eigenvalue weighted by Crippen LogP contribution is -2.19. The highest BCUT2D eigenvalue weighted by Crippen LogP contribution is 2.23. The summed E-state index contributed by atoms with van der Waals surface area (Å²) in [5, 5.41) is 2.99. The molecule has 126 valence electrons. The number of ether oxygens (including phenoxy) is 2. The molecule has 1 fully saturated rings. The van der Waals surface area contributed by atoms with Gasteiger partial charge in [-0.1, -0.05) is 24.3 Å². The molecule has 0 aromatic heterocycles. The second kappa shape index (κ2) is 7.49. The van der Waals surface area contributed by atoms with Gasteiger partial charge in [0.05, 0.1) is 11.7 Å². The van der Waals surface area contributed by atoms with Crippen LogP contribution in [0, 0.1) is 13.8 Å². The van der Waals surface area contributed by atoms with Gasteiger partial charge in [0.2, 0.25) is 0 Å². The van der Waals surface area contributed by atoms with E-state index in [9.17, 15) is 4.79 Å². The third kappa shape index (κ3) is 3.77. The first-order chi connectivity index (χ1) is 11.6. The third-order valence-corrected chi connectivity index (χ3v) is 4.43. The zero-order chi connectivity index (χ0) is 16.9. The quantitative estimate of drug-likeness (QED) is 0.900. The minimum atomic E-state index is -0.161. The number of carbonyl (C=O) groups excluding carboxylic acids is 1. The number of rotatable bonds is 5. The van der Waals surface area contributed by atoms with Crippen molar-refractivity contribution >= 4 is 11.6 Å². The van der Waals surface area contributed by atoms with E-state index in [2.05, 4.69) is 5.32 Å². The topological polar surface area (TPSA) is 47.6 Å². The maximum Gasteiger partial charge on any atom is 0.259 e. The number of hydrogen-bond donors (Lipinski definition) is 1. The summed E-state index contributed by atoms with van der Waals surface area (Å²) in [5.74, 6) is 0.433. The third-order valence-electron chi connectivity index (χ3n) is 4.43. The highest BCUT2D eigenvalue weighted by atomic mass is 16.5. The van der Waals surface area contributed by atoms with E-state index in [0.29, 0.717) is 17.9 Å². The number of para-hydroxylation sites is 1. The number of amides is 1. The van der Waals surface area contributed by atoms with Crippen molar-refractivity contribution in [1.82, 2.24) is 0 Å². The molecule has 2 aromatic rings. The molecular weight excluding hydrogens is 302 g/mol. The summed E-state index contributed by atoms with van der Waals surface area (Å²) in [4.78, 5) is 12.7. The first-order valence-corrected chi connectivity index (χ1v) is 8.36. The molecule has 0 radical (unpaired) electrons. The van der Waals surface area contributed by atoms with Crippen LogP contribution in [-0.2, 0) is 4.74 Å². The minimum absolute atomic E-state index is 0.125. The highest BCUT2D eigenvalue weighted by Gasteiger charge is 2.18. The lowest BCUT2D eigenvalue weighted by molar-refractivity contribution is 0.0673. The standard InChI is InChI=1S/C20H23NO3/c1-14-7-5-10-18(15(14)2)21-20(22)17-9-3-4-11-19(17)24-13-16-8-6-12-23-16/h3-5,7,9-11,16H,6,8,12-13H2,1-2H3,(H,21,22). The van der Waals surface area contributed by atoms with E-state index in [-0.39, 0.29) is 12.0 Å². The van der Waals surface area contributed by atoms with Gasteiger partial charge in [-0.25, -0.2) is 0 Å². The van der Waals surface area contributed by atoms with Crippen LogP contribution in [0.3, 0.4) is 0 Å². The number of aryl methyl sites for hydroxylation is 1. The fourth-order valence-electron chi connectivity index (χ4n) is 2.81. The van der Waals surface area contributed by atoms with E-state index < -0.39 is 0 Å². The summed E-state index contributed by atoms with van der Waals surface area (Å²) in [6, 6.07) is 13.2. The lowest BCUT2D eigenvalue weighted by atomic mass is 10.1. The molecule has 1 heterocycles. The molecule has 24 heavy (non-hydrogen) atoms. The SMILES string of the molecule is Cc1cccc(NC(=O)c2ccccc2OCC2CCCO2)c1C. The van der Waals surface area contributed by atoms with Gasteiger partial charge in [0, 0.05) is 12.3 Å². The number of nitrogens with one attached hydrogen (secondary N) is 1. The average Bonchev–Trinajstić information content (AvgIpc) is 3.11. The van der Waals surface area contributed by atoms with Gasteiger partial charge in [0.15, 0.2) is 0 Å². The maximum absolute atomic E-state index is 12.7. The summed E-state index contributed by atoms with van der Waals surface area (Å²) in [6.07, 6.45) is 2.21. The van der Waals surface area contributed by atoms with Crippen molar-refractivity contribution in [2.24, 2.45) is 0 Å². The fraction of sp³-hybridized carbons (Fsp3) is 0.350. The van der Waals surface area contributed by atoms with Gasteiger partial charge in [-0.2, -0.15) is 0 Å². The molecular formula is C20H23NO3. The Balaban J connectivity index is 1.73. The molecule has 0 saturated carbocycles. The predicted molar refractivity (Wildman–Crippen MR) is 94.8 cm³/mol. The van der Waals surface area contributed by atoms with Crippen LogP contribution in [-0.4, -0.2) is 25.2 Å². The molecule has 2 aromatic carbocycles. The number of carbonyl (C=O) groups is 1. The Morgan fingerprint density at radius 2 is 2.04 bits per heavy atom. The monoisotopic (exact) mass is 325 g/mol. The van der Waals surface area contributed by atoms with Crippen LogP contribution in [0.15, 0.2) is 42.5 Å². The molecule has 1 atom stereocenters. The first kappa shape index (κ1) is 16.5. The van der Waals surface area contributed by atoms with Crippen LogP contribution in [0.4, 0.5) is 5.69 Å². The molecule has 1 saturated heterocycles. The van der Waals surface area contributed by atoms with Crippen molar-refractivity contribution < 1.29 is 14.3 Å². The van der Waals surface area contributed by atoms with E-state index in [4.69, 9.17) is 9.47 Å². The normalized spacial score (nSPS) is 16.8. The Kier molecular flexibility index (Phi) is 5.16. The Bertz CT molecular complexity index is 721. The number of benzene rings is 2. The molecule has 1 N–H and O–H groups in total. The van der Waals surface area contributed by atoms with E-state index in [1.807, 2.05) is 50.2 Å². The largest absolute Gasteiger partial charge is 0.490 e. The zero-order valence-electron chi connectivity index (χ0n) is 14.2. The van der Waals surface area contributed by atoms with Gasteiger partial charge < -0.3 is 14.8 Å². The van der Waals surface area contributed by atoms with Crippen LogP contribution < -0.4 is 10.1 Å². The van der Waals surface area contributed by atoms with Gasteiger partial charge in [-0.3, -0.25) is 4.79 Å². The molecule has 3 rings (SSSR count). The van der Waals surface area contributed by atoms with E-state index in [1.54, 1.807) is 6.07 Å². The maximum atomic E-state index is 12.7. The molecule has 4 heteroatoms. The molecule has 4 nitrogen and oxygen atoms in total. The van der Waals surface area contributed by atoms with Crippen LogP contribution in [0.25, 0.3) is 0 Å². The summed E-state index contributed by atoms with van der Waals surface area (Å²) in [5.41, 5.74) is 3.59. The average molecular weight is 325 g/mol. The van der Waals surface area contributed by atoms with Crippen LogP contribution in [0.1, 0.15) is 34.3 Å². The lowest BCUT2D eigenvalue weighted by Gasteiger charge is -2.15. The van der Waals surface area contributed by atoms with Crippen molar-refractivity contribution in [2.45, 2.75) is 32.8 Å². The number of anilines is 1. The summed E-state index contributed by atoms with van der Waals surface area (Å²) in [7, 11) is 0. The van der Waals surface area contributed by atoms with Crippen LogP contribution in [0.2, 0.25) is 0 Å². The van der Waals surface area contributed by atoms with Gasteiger partial charge in [-0.05, 0) is 56.0 Å². The van der Waals surface area contributed by atoms with Crippen LogP contribution >= 0.6 is 0 Å². The zero-order valence-corrected chi connectivity index (χ0v) is 14.2. The first-order valence-electron chi connectivity index (χ1n) is 8.36. The van der Waals surface area contributed by atoms with Crippen LogP contribution in [0.5, 0.6) is 5.75 Å². The predicted octanol–water partition coefficient (Wildman–Crippen LogP) is 4.11. The molecule has 0 bridgehead atoms. The smallest absolute Gasteiger partial charge is 0.259 e.